The van der Waals surface area contributed by atoms with Crippen LogP contribution in [0.1, 0.15) is 18.4 Å². The lowest BCUT2D eigenvalue weighted by Crippen LogP contribution is -2.19. The second-order valence-corrected chi connectivity index (χ2v) is 5.84. The average molecular weight is 344 g/mol. The van der Waals surface area contributed by atoms with Crippen molar-refractivity contribution in [3.05, 3.63) is 30.1 Å². The van der Waals surface area contributed by atoms with Crippen LogP contribution in [0, 0.1) is 0 Å². The highest BCUT2D eigenvalue weighted by Gasteiger charge is 2.15. The summed E-state index contributed by atoms with van der Waals surface area (Å²) in [6, 6.07) is 5.84. The first kappa shape index (κ1) is 17.1. The number of hydrogen-bond acceptors (Lipinski definition) is 7. The standard InChI is InChI=1S/C18H24N4O3/c1-23-14-8-13(9-15(24-2)18(14)25-3)11-19-16-10-17(21-12-20-16)22-6-4-5-7-22/h8-10,12H,4-7,11H2,1-3H3,(H,19,20,21). The Bertz CT molecular complexity index is 692. The second kappa shape index (κ2) is 7.92. The second-order valence-electron chi connectivity index (χ2n) is 5.84. The van der Waals surface area contributed by atoms with Crippen LogP contribution < -0.4 is 24.4 Å². The first-order valence-electron chi connectivity index (χ1n) is 8.35. The summed E-state index contributed by atoms with van der Waals surface area (Å²) < 4.78 is 16.1. The van der Waals surface area contributed by atoms with E-state index in [0.29, 0.717) is 23.8 Å². The third-order valence-corrected chi connectivity index (χ3v) is 4.28. The Morgan fingerprint density at radius 1 is 0.960 bits per heavy atom. The summed E-state index contributed by atoms with van der Waals surface area (Å²) in [6.45, 7) is 2.71. The van der Waals surface area contributed by atoms with Crippen molar-refractivity contribution in [2.24, 2.45) is 0 Å². The van der Waals surface area contributed by atoms with E-state index in [1.807, 2.05) is 18.2 Å². The third-order valence-electron chi connectivity index (χ3n) is 4.28. The highest BCUT2D eigenvalue weighted by molar-refractivity contribution is 5.55. The molecule has 0 bridgehead atoms. The van der Waals surface area contributed by atoms with Crippen LogP contribution in [0.3, 0.4) is 0 Å². The molecule has 1 fully saturated rings. The van der Waals surface area contributed by atoms with Gasteiger partial charge in [0.15, 0.2) is 11.5 Å². The summed E-state index contributed by atoms with van der Waals surface area (Å²) in [6.07, 6.45) is 4.04. The van der Waals surface area contributed by atoms with Gasteiger partial charge < -0.3 is 24.4 Å². The molecule has 0 saturated carbocycles. The normalized spacial score (nSPS) is 13.6. The molecule has 0 amide bonds. The molecular formula is C18H24N4O3. The van der Waals surface area contributed by atoms with Crippen LogP contribution >= 0.6 is 0 Å². The minimum Gasteiger partial charge on any atom is -0.493 e. The maximum absolute atomic E-state index is 5.39. The van der Waals surface area contributed by atoms with Crippen molar-refractivity contribution in [3.8, 4) is 17.2 Å². The van der Waals surface area contributed by atoms with E-state index >= 15 is 0 Å². The van der Waals surface area contributed by atoms with Crippen molar-refractivity contribution in [2.75, 3.05) is 44.6 Å². The lowest BCUT2D eigenvalue weighted by molar-refractivity contribution is 0.324. The molecule has 7 nitrogen and oxygen atoms in total. The lowest BCUT2D eigenvalue weighted by Gasteiger charge is -2.17. The molecule has 0 radical (unpaired) electrons. The van der Waals surface area contributed by atoms with Gasteiger partial charge in [-0.15, -0.1) is 0 Å². The van der Waals surface area contributed by atoms with Gasteiger partial charge in [0.1, 0.15) is 18.0 Å². The van der Waals surface area contributed by atoms with Crippen molar-refractivity contribution in [2.45, 2.75) is 19.4 Å². The van der Waals surface area contributed by atoms with Crippen molar-refractivity contribution in [1.29, 1.82) is 0 Å². The lowest BCUT2D eigenvalue weighted by atomic mass is 10.1. The summed E-state index contributed by atoms with van der Waals surface area (Å²) in [4.78, 5) is 11.0. The molecular weight excluding hydrogens is 320 g/mol. The molecule has 1 aliphatic heterocycles. The van der Waals surface area contributed by atoms with Gasteiger partial charge in [0.2, 0.25) is 5.75 Å². The van der Waals surface area contributed by atoms with Gasteiger partial charge in [0.05, 0.1) is 21.3 Å². The van der Waals surface area contributed by atoms with E-state index in [2.05, 4.69) is 20.2 Å². The first-order valence-corrected chi connectivity index (χ1v) is 8.35. The molecule has 134 valence electrons. The molecule has 0 spiro atoms. The number of aromatic nitrogens is 2. The van der Waals surface area contributed by atoms with Crippen LogP contribution in [0.5, 0.6) is 17.2 Å². The molecule has 2 heterocycles. The smallest absolute Gasteiger partial charge is 0.203 e. The van der Waals surface area contributed by atoms with Crippen LogP contribution in [-0.4, -0.2) is 44.4 Å². The van der Waals surface area contributed by atoms with Crippen LogP contribution in [0.2, 0.25) is 0 Å². The van der Waals surface area contributed by atoms with Gasteiger partial charge in [-0.05, 0) is 30.5 Å². The summed E-state index contributed by atoms with van der Waals surface area (Å²) in [7, 11) is 4.82. The average Bonchev–Trinajstić information content (AvgIpc) is 3.20. The van der Waals surface area contributed by atoms with Crippen LogP contribution in [0.15, 0.2) is 24.5 Å². The fraction of sp³-hybridized carbons (Fsp3) is 0.444. The Hall–Kier alpha value is -2.70. The monoisotopic (exact) mass is 344 g/mol. The number of ether oxygens (including phenoxy) is 3. The van der Waals surface area contributed by atoms with E-state index in [1.54, 1.807) is 27.7 Å². The Balaban J connectivity index is 1.74. The maximum Gasteiger partial charge on any atom is 0.203 e. The maximum atomic E-state index is 5.39. The fourth-order valence-corrected chi connectivity index (χ4v) is 2.99. The number of benzene rings is 1. The van der Waals surface area contributed by atoms with Gasteiger partial charge in [-0.3, -0.25) is 0 Å². The van der Waals surface area contributed by atoms with Crippen LogP contribution in [-0.2, 0) is 6.54 Å². The van der Waals surface area contributed by atoms with Crippen molar-refractivity contribution < 1.29 is 14.2 Å². The number of nitrogens with one attached hydrogen (secondary N) is 1. The molecule has 0 atom stereocenters. The molecule has 1 aliphatic rings. The van der Waals surface area contributed by atoms with Gasteiger partial charge in [0, 0.05) is 25.7 Å². The largest absolute Gasteiger partial charge is 0.493 e. The zero-order valence-corrected chi connectivity index (χ0v) is 14.9. The molecule has 0 aliphatic carbocycles. The van der Waals surface area contributed by atoms with E-state index in [-0.39, 0.29) is 0 Å². The van der Waals surface area contributed by atoms with Gasteiger partial charge in [-0.2, -0.15) is 0 Å². The third kappa shape index (κ3) is 3.87. The van der Waals surface area contributed by atoms with Gasteiger partial charge >= 0.3 is 0 Å². The van der Waals surface area contributed by atoms with E-state index < -0.39 is 0 Å². The Morgan fingerprint density at radius 3 is 2.24 bits per heavy atom. The minimum absolute atomic E-state index is 0.590. The van der Waals surface area contributed by atoms with Gasteiger partial charge in [0.25, 0.3) is 0 Å². The first-order chi connectivity index (χ1) is 12.2. The molecule has 7 heteroatoms. The summed E-state index contributed by atoms with van der Waals surface area (Å²) >= 11 is 0. The number of hydrogen-bond donors (Lipinski definition) is 1. The molecule has 1 aromatic carbocycles. The molecule has 3 rings (SSSR count). The van der Waals surface area contributed by atoms with Crippen molar-refractivity contribution in [3.63, 3.8) is 0 Å². The highest BCUT2D eigenvalue weighted by Crippen LogP contribution is 2.38. The summed E-state index contributed by atoms with van der Waals surface area (Å²) in [5.41, 5.74) is 1.01. The van der Waals surface area contributed by atoms with Crippen LogP contribution in [0.4, 0.5) is 11.6 Å². The topological polar surface area (TPSA) is 68.7 Å². The fourth-order valence-electron chi connectivity index (χ4n) is 2.99. The summed E-state index contributed by atoms with van der Waals surface area (Å²) in [5, 5.41) is 3.34. The molecule has 1 aromatic heterocycles. The number of rotatable bonds is 7. The molecule has 0 unspecified atom stereocenters. The minimum atomic E-state index is 0.590. The van der Waals surface area contributed by atoms with Crippen molar-refractivity contribution in [1.82, 2.24) is 9.97 Å². The SMILES string of the molecule is COc1cc(CNc2cc(N3CCCC3)ncn2)cc(OC)c1OC. The predicted octanol–water partition coefficient (Wildman–Crippen LogP) is 2.71. The van der Waals surface area contributed by atoms with E-state index in [0.717, 1.165) is 30.3 Å². The number of nitrogens with zero attached hydrogens (tertiary/aromatic N) is 3. The quantitative estimate of drug-likeness (QED) is 0.828. The Morgan fingerprint density at radius 2 is 1.64 bits per heavy atom. The van der Waals surface area contributed by atoms with Crippen LogP contribution in [0.25, 0.3) is 0 Å². The zero-order valence-electron chi connectivity index (χ0n) is 14.9. The molecule has 1 N–H and O–H groups in total. The number of anilines is 2. The molecule has 1 saturated heterocycles. The summed E-state index contributed by atoms with van der Waals surface area (Å²) in [5.74, 6) is 3.64. The van der Waals surface area contributed by atoms with Crippen molar-refractivity contribution >= 4 is 11.6 Å². The number of methoxy groups -OCH3 is 3. The van der Waals surface area contributed by atoms with E-state index in [4.69, 9.17) is 14.2 Å². The molecule has 25 heavy (non-hydrogen) atoms. The molecule has 2 aromatic rings. The zero-order chi connectivity index (χ0) is 17.6. The predicted molar refractivity (Wildman–Crippen MR) is 96.9 cm³/mol. The van der Waals surface area contributed by atoms with E-state index in [9.17, 15) is 0 Å². The Labute approximate surface area is 147 Å². The van der Waals surface area contributed by atoms with Gasteiger partial charge in [-0.25, -0.2) is 9.97 Å². The van der Waals surface area contributed by atoms with Gasteiger partial charge in [-0.1, -0.05) is 0 Å². The highest BCUT2D eigenvalue weighted by atomic mass is 16.5. The van der Waals surface area contributed by atoms with E-state index in [1.165, 1.54) is 12.8 Å². The Kier molecular flexibility index (Phi) is 5.42.